The number of ether oxygens (including phenoxy) is 1. The van der Waals surface area contributed by atoms with E-state index in [9.17, 15) is 4.79 Å². The first-order valence-electron chi connectivity index (χ1n) is 8.16. The van der Waals surface area contributed by atoms with Crippen molar-refractivity contribution in [2.24, 2.45) is 13.0 Å². The first-order valence-corrected chi connectivity index (χ1v) is 8.67. The molecule has 2 heterocycles. The number of anilines is 1. The van der Waals surface area contributed by atoms with Gasteiger partial charge < -0.3 is 10.1 Å². The molecule has 24 heavy (non-hydrogen) atoms. The van der Waals surface area contributed by atoms with Gasteiger partial charge in [0.25, 0.3) is 5.91 Å². The Hall–Kier alpha value is -1.72. The van der Waals surface area contributed by atoms with Crippen molar-refractivity contribution in [3.8, 4) is 0 Å². The second-order valence-electron chi connectivity index (χ2n) is 6.55. The number of aryl methyl sites for hydroxylation is 1. The molecule has 3 unspecified atom stereocenters. The maximum absolute atomic E-state index is 12.5. The molecular formula is C16H24N5O2P. The summed E-state index contributed by atoms with van der Waals surface area (Å²) in [5.74, 6) is 1.70. The van der Waals surface area contributed by atoms with Gasteiger partial charge in [0.05, 0.1) is 18.0 Å². The first-order chi connectivity index (χ1) is 11.5. The highest BCUT2D eigenvalue weighted by atomic mass is 31.0. The number of hydrogen-bond acceptors (Lipinski definition) is 4. The summed E-state index contributed by atoms with van der Waals surface area (Å²) in [6.07, 6.45) is 3.57. The third-order valence-electron chi connectivity index (χ3n) is 4.56. The van der Waals surface area contributed by atoms with Gasteiger partial charge in [-0.3, -0.25) is 9.48 Å². The summed E-state index contributed by atoms with van der Waals surface area (Å²) in [5.41, 5.74) is 2.27. The molecule has 7 nitrogen and oxygen atoms in total. The van der Waals surface area contributed by atoms with Crippen molar-refractivity contribution in [3.05, 3.63) is 29.2 Å². The lowest BCUT2D eigenvalue weighted by atomic mass is 10.0. The predicted molar refractivity (Wildman–Crippen MR) is 95.0 cm³/mol. The van der Waals surface area contributed by atoms with Crippen molar-refractivity contribution in [1.82, 2.24) is 19.3 Å². The van der Waals surface area contributed by atoms with Crippen LogP contribution in [0.15, 0.2) is 12.1 Å². The molecule has 1 aliphatic carbocycles. The van der Waals surface area contributed by atoms with Crippen LogP contribution in [-0.2, 0) is 18.4 Å². The molecule has 0 radical (unpaired) electrons. The van der Waals surface area contributed by atoms with Crippen LogP contribution in [0.4, 0.5) is 5.82 Å². The molecule has 1 saturated carbocycles. The Morgan fingerprint density at radius 2 is 2.21 bits per heavy atom. The normalized spacial score (nSPS) is 20.5. The lowest BCUT2D eigenvalue weighted by Crippen LogP contribution is -2.17. The fourth-order valence-electron chi connectivity index (χ4n) is 3.32. The van der Waals surface area contributed by atoms with Crippen molar-refractivity contribution in [3.63, 3.8) is 0 Å². The highest BCUT2D eigenvalue weighted by Crippen LogP contribution is 2.38. The molecule has 1 aliphatic rings. The Labute approximate surface area is 144 Å². The largest absolute Gasteiger partial charge is 0.378 e. The van der Waals surface area contributed by atoms with E-state index in [0.717, 1.165) is 23.7 Å². The first kappa shape index (κ1) is 17.1. The molecule has 130 valence electrons. The van der Waals surface area contributed by atoms with Crippen LogP contribution in [0.25, 0.3) is 0 Å². The van der Waals surface area contributed by atoms with Gasteiger partial charge in [0, 0.05) is 26.1 Å². The number of carbonyl (C=O) groups excluding carboxylic acids is 1. The average Bonchev–Trinajstić information content (AvgIpc) is 3.20. The van der Waals surface area contributed by atoms with Crippen LogP contribution in [0.3, 0.4) is 0 Å². The molecule has 2 aromatic heterocycles. The molecule has 3 rings (SSSR count). The molecule has 0 aromatic carbocycles. The number of methoxy groups -OCH3 is 1. The smallest absolute Gasteiger partial charge is 0.275 e. The van der Waals surface area contributed by atoms with E-state index in [4.69, 9.17) is 4.74 Å². The summed E-state index contributed by atoms with van der Waals surface area (Å²) < 4.78 is 8.27. The van der Waals surface area contributed by atoms with E-state index in [1.54, 1.807) is 29.4 Å². The monoisotopic (exact) mass is 349 g/mol. The van der Waals surface area contributed by atoms with Crippen molar-refractivity contribution in [2.75, 3.05) is 12.4 Å². The molecule has 0 bridgehead atoms. The zero-order chi connectivity index (χ0) is 17.3. The molecule has 0 spiro atoms. The molecular weight excluding hydrogens is 325 g/mol. The van der Waals surface area contributed by atoms with Gasteiger partial charge in [-0.1, -0.05) is 13.3 Å². The van der Waals surface area contributed by atoms with Crippen LogP contribution < -0.4 is 5.32 Å². The highest BCUT2D eigenvalue weighted by Gasteiger charge is 2.26. The number of nitrogens with one attached hydrogen (secondary N) is 1. The molecule has 1 N–H and O–H groups in total. The second-order valence-corrected chi connectivity index (χ2v) is 7.03. The third kappa shape index (κ3) is 3.52. The Balaban J connectivity index is 1.74. The van der Waals surface area contributed by atoms with Gasteiger partial charge in [0.1, 0.15) is 11.5 Å². The van der Waals surface area contributed by atoms with E-state index in [-0.39, 0.29) is 5.91 Å². The second kappa shape index (κ2) is 7.03. The number of rotatable bonds is 5. The lowest BCUT2D eigenvalue weighted by molar-refractivity contribution is 0.101. The molecule has 2 aromatic rings. The van der Waals surface area contributed by atoms with Gasteiger partial charge in [-0.05, 0) is 34.2 Å². The van der Waals surface area contributed by atoms with Crippen molar-refractivity contribution in [1.29, 1.82) is 0 Å². The number of amides is 1. The minimum Gasteiger partial charge on any atom is -0.378 e. The Kier molecular flexibility index (Phi) is 5.01. The molecule has 1 fully saturated rings. The molecule has 0 aliphatic heterocycles. The lowest BCUT2D eigenvalue weighted by Gasteiger charge is -2.04. The van der Waals surface area contributed by atoms with Crippen LogP contribution >= 0.6 is 9.39 Å². The fourth-order valence-corrected chi connectivity index (χ4v) is 3.59. The topological polar surface area (TPSA) is 74.0 Å². The van der Waals surface area contributed by atoms with Gasteiger partial charge in [0.15, 0.2) is 0 Å². The Bertz CT molecular complexity index is 739. The van der Waals surface area contributed by atoms with Crippen LogP contribution in [0.2, 0.25) is 0 Å². The van der Waals surface area contributed by atoms with E-state index in [1.165, 1.54) is 12.8 Å². The number of aromatic nitrogens is 4. The summed E-state index contributed by atoms with van der Waals surface area (Å²) in [5, 5.41) is 11.7. The van der Waals surface area contributed by atoms with Crippen molar-refractivity contribution in [2.45, 2.75) is 38.7 Å². The predicted octanol–water partition coefficient (Wildman–Crippen LogP) is 2.56. The number of carbonyl (C=O) groups is 1. The summed E-state index contributed by atoms with van der Waals surface area (Å²) in [6.45, 7) is 2.66. The van der Waals surface area contributed by atoms with Crippen molar-refractivity contribution >= 4 is 21.1 Å². The average molecular weight is 349 g/mol. The van der Waals surface area contributed by atoms with Crippen LogP contribution in [0.5, 0.6) is 0 Å². The van der Waals surface area contributed by atoms with Crippen molar-refractivity contribution < 1.29 is 9.53 Å². The van der Waals surface area contributed by atoms with Crippen LogP contribution in [0, 0.1) is 5.92 Å². The summed E-state index contributed by atoms with van der Waals surface area (Å²) in [4.78, 5) is 12.5. The fraction of sp³-hybridized carbons (Fsp3) is 0.562. The van der Waals surface area contributed by atoms with Crippen LogP contribution in [-0.4, -0.2) is 32.3 Å². The summed E-state index contributed by atoms with van der Waals surface area (Å²) in [6, 6.07) is 3.71. The number of hydrogen-bond donors (Lipinski definition) is 1. The maximum Gasteiger partial charge on any atom is 0.275 e. The van der Waals surface area contributed by atoms with Gasteiger partial charge >= 0.3 is 0 Å². The Morgan fingerprint density at radius 1 is 1.42 bits per heavy atom. The third-order valence-corrected chi connectivity index (χ3v) is 4.96. The summed E-state index contributed by atoms with van der Waals surface area (Å²) in [7, 11) is 5.88. The minimum absolute atomic E-state index is 0.206. The van der Waals surface area contributed by atoms with E-state index in [2.05, 4.69) is 31.8 Å². The standard InChI is InChI=1S/C16H24N5O2P/c1-10-4-5-11(6-10)13-8-15(21(24)19-13)17-16(22)14-7-12(9-23-3)18-20(14)2/h7-8,10-11H,4-6,9,24H2,1-3H3,(H,17,22). The van der Waals surface area contributed by atoms with E-state index >= 15 is 0 Å². The SMILES string of the molecule is COCc1cc(C(=O)Nc2cc(C3CCC(C)C3)nn2P)n(C)n1. The van der Waals surface area contributed by atoms with E-state index in [1.807, 2.05) is 6.07 Å². The minimum atomic E-state index is -0.206. The highest BCUT2D eigenvalue weighted by molar-refractivity contribution is 7.14. The van der Waals surface area contributed by atoms with Gasteiger partial charge in [-0.25, -0.2) is 4.45 Å². The zero-order valence-corrected chi connectivity index (χ0v) is 15.5. The molecule has 3 atom stereocenters. The molecule has 1 amide bonds. The number of nitrogens with zero attached hydrogens (tertiary/aromatic N) is 4. The molecule has 8 heteroatoms. The molecule has 0 saturated heterocycles. The zero-order valence-electron chi connectivity index (χ0n) is 14.3. The van der Waals surface area contributed by atoms with Gasteiger partial charge in [0.2, 0.25) is 0 Å². The summed E-state index contributed by atoms with van der Waals surface area (Å²) >= 11 is 0. The van der Waals surface area contributed by atoms with Gasteiger partial charge in [-0.15, -0.1) is 0 Å². The quantitative estimate of drug-likeness (QED) is 0.842. The van der Waals surface area contributed by atoms with Crippen LogP contribution in [0.1, 0.15) is 54.0 Å². The Morgan fingerprint density at radius 3 is 2.88 bits per heavy atom. The van der Waals surface area contributed by atoms with Gasteiger partial charge in [-0.2, -0.15) is 10.2 Å². The van der Waals surface area contributed by atoms with E-state index < -0.39 is 0 Å². The maximum atomic E-state index is 12.5. The van der Waals surface area contributed by atoms with E-state index in [0.29, 0.717) is 24.0 Å².